The first kappa shape index (κ1) is 34.2. The Bertz CT molecular complexity index is 1560. The molecule has 0 bridgehead atoms. The van der Waals surface area contributed by atoms with Gasteiger partial charge in [0.15, 0.2) is 8.32 Å². The number of rotatable bonds is 8. The van der Waals surface area contributed by atoms with Gasteiger partial charge in [-0.1, -0.05) is 45.9 Å². The zero-order valence-electron chi connectivity index (χ0n) is 29.0. The maximum atomic E-state index is 11.9. The zero-order chi connectivity index (χ0) is 33.7. The van der Waals surface area contributed by atoms with E-state index in [1.54, 1.807) is 6.20 Å². The Hall–Kier alpha value is -3.19. The molecule has 3 N–H and O–H groups in total. The fraction of sp³-hybridized carbons (Fsp3) is 0.559. The van der Waals surface area contributed by atoms with Crippen molar-refractivity contribution < 1.29 is 23.6 Å². The Balaban J connectivity index is 1.33. The third-order valence-corrected chi connectivity index (χ3v) is 14.8. The Morgan fingerprint density at radius 1 is 1.11 bits per heavy atom. The molecule has 0 spiro atoms. The van der Waals surface area contributed by atoms with Crippen LogP contribution in [0, 0.1) is 5.92 Å². The highest BCUT2D eigenvalue weighted by atomic mass is 28.4. The van der Waals surface area contributed by atoms with E-state index in [4.69, 9.17) is 18.7 Å². The number of fused-ring (bicyclic) bond motifs is 1. The van der Waals surface area contributed by atoms with E-state index >= 15 is 0 Å². The lowest BCUT2D eigenvalue weighted by molar-refractivity contribution is 0.00578. The monoisotopic (exact) mass is 647 g/mol. The molecule has 1 aromatic carbocycles. The van der Waals surface area contributed by atoms with Gasteiger partial charge >= 0.3 is 13.2 Å². The van der Waals surface area contributed by atoms with Gasteiger partial charge in [0, 0.05) is 30.6 Å². The van der Waals surface area contributed by atoms with Gasteiger partial charge in [0.05, 0.1) is 58.7 Å². The average molecular weight is 648 g/mol. The molecule has 46 heavy (non-hydrogen) atoms. The predicted octanol–water partition coefficient (Wildman–Crippen LogP) is 6.02. The van der Waals surface area contributed by atoms with Gasteiger partial charge in [0.1, 0.15) is 0 Å². The SMILES string of the molecule is C[C@H]1CN(c2ccncc2NCc2ccc3ccc(B4OC(C)(C)C(C)(C)O4)cc3n2)C[C@@H](NC(=O)O)[C@@H]1O[Si](C)(C)C(C)(C)C. The number of hydrogen-bond donors (Lipinski definition) is 3. The molecule has 1 amide bonds. The fourth-order valence-corrected chi connectivity index (χ4v) is 7.28. The number of hydrogen-bond acceptors (Lipinski definition) is 8. The number of aromatic nitrogens is 2. The quantitative estimate of drug-likeness (QED) is 0.252. The summed E-state index contributed by atoms with van der Waals surface area (Å²) in [5, 5.41) is 17.1. The number of carboxylic acid groups (broad SMARTS) is 1. The summed E-state index contributed by atoms with van der Waals surface area (Å²) in [7, 11) is -2.58. The summed E-state index contributed by atoms with van der Waals surface area (Å²) in [6, 6.07) is 11.8. The van der Waals surface area contributed by atoms with Crippen LogP contribution in [0.2, 0.25) is 18.1 Å². The minimum absolute atomic E-state index is 0.0179. The number of benzene rings is 1. The molecule has 0 radical (unpaired) electrons. The second kappa shape index (κ2) is 12.4. The van der Waals surface area contributed by atoms with E-state index < -0.39 is 32.7 Å². The zero-order valence-corrected chi connectivity index (χ0v) is 30.0. The van der Waals surface area contributed by atoms with Gasteiger partial charge in [-0.2, -0.15) is 0 Å². The van der Waals surface area contributed by atoms with Crippen molar-refractivity contribution >= 4 is 49.3 Å². The van der Waals surface area contributed by atoms with Crippen LogP contribution in [0.5, 0.6) is 0 Å². The van der Waals surface area contributed by atoms with E-state index in [9.17, 15) is 9.90 Å². The second-order valence-electron chi connectivity index (χ2n) is 15.4. The van der Waals surface area contributed by atoms with Crippen LogP contribution in [-0.4, -0.2) is 73.0 Å². The van der Waals surface area contributed by atoms with Crippen molar-refractivity contribution in [2.24, 2.45) is 5.92 Å². The minimum atomic E-state index is -2.13. The second-order valence-corrected chi connectivity index (χ2v) is 20.1. The Labute approximate surface area is 274 Å². The van der Waals surface area contributed by atoms with Gasteiger partial charge < -0.3 is 34.4 Å². The first-order chi connectivity index (χ1) is 21.4. The van der Waals surface area contributed by atoms with Crippen LogP contribution in [0.25, 0.3) is 10.9 Å². The molecule has 10 nitrogen and oxygen atoms in total. The normalized spacial score (nSPS) is 23.0. The smallest absolute Gasteiger partial charge is 0.465 e. The molecular weight excluding hydrogens is 597 g/mol. The number of piperidine rings is 1. The molecule has 248 valence electrons. The molecule has 4 heterocycles. The maximum absolute atomic E-state index is 11.9. The first-order valence-corrected chi connectivity index (χ1v) is 19.1. The lowest BCUT2D eigenvalue weighted by Gasteiger charge is -2.48. The van der Waals surface area contributed by atoms with E-state index in [1.807, 2.05) is 30.5 Å². The van der Waals surface area contributed by atoms with E-state index in [1.165, 1.54) is 0 Å². The Kier molecular flexibility index (Phi) is 9.24. The summed E-state index contributed by atoms with van der Waals surface area (Å²) in [4.78, 5) is 23.5. The Morgan fingerprint density at radius 2 is 1.78 bits per heavy atom. The summed E-state index contributed by atoms with van der Waals surface area (Å²) in [5.74, 6) is 0.0982. The summed E-state index contributed by atoms with van der Waals surface area (Å²) in [6.07, 6.45) is 2.33. The van der Waals surface area contributed by atoms with Gasteiger partial charge in [-0.3, -0.25) is 9.97 Å². The van der Waals surface area contributed by atoms with Gasteiger partial charge in [-0.05, 0) is 69.5 Å². The van der Waals surface area contributed by atoms with Crippen LogP contribution in [-0.2, 0) is 20.3 Å². The number of carbonyl (C=O) groups is 1. The van der Waals surface area contributed by atoms with Crippen LogP contribution in [0.1, 0.15) is 61.1 Å². The van der Waals surface area contributed by atoms with E-state index in [0.29, 0.717) is 13.1 Å². The van der Waals surface area contributed by atoms with Crippen LogP contribution in [0.4, 0.5) is 16.2 Å². The summed E-state index contributed by atoms with van der Waals surface area (Å²) in [6.45, 7) is 23.1. The summed E-state index contributed by atoms with van der Waals surface area (Å²) >= 11 is 0. The number of nitrogens with one attached hydrogen (secondary N) is 2. The topological polar surface area (TPSA) is 118 Å². The van der Waals surface area contributed by atoms with Gasteiger partial charge in [-0.25, -0.2) is 4.79 Å². The van der Waals surface area contributed by atoms with Crippen LogP contribution in [0.15, 0.2) is 48.8 Å². The molecule has 0 saturated carbocycles. The third kappa shape index (κ3) is 7.05. The highest BCUT2D eigenvalue weighted by Crippen LogP contribution is 2.40. The molecule has 3 atom stereocenters. The van der Waals surface area contributed by atoms with Crippen molar-refractivity contribution in [1.82, 2.24) is 15.3 Å². The van der Waals surface area contributed by atoms with Gasteiger partial charge in [0.2, 0.25) is 0 Å². The summed E-state index contributed by atoms with van der Waals surface area (Å²) in [5.41, 5.74) is 3.70. The van der Waals surface area contributed by atoms with Crippen molar-refractivity contribution in [3.63, 3.8) is 0 Å². The molecule has 12 heteroatoms. The molecule has 2 aliphatic rings. The predicted molar refractivity (Wildman–Crippen MR) is 187 cm³/mol. The largest absolute Gasteiger partial charge is 0.494 e. The molecule has 3 aromatic rings. The molecule has 2 fully saturated rings. The molecular formula is C34H50BN5O5Si. The van der Waals surface area contributed by atoms with Crippen LogP contribution in [0.3, 0.4) is 0 Å². The van der Waals surface area contributed by atoms with E-state index in [-0.39, 0.29) is 23.1 Å². The van der Waals surface area contributed by atoms with Crippen molar-refractivity contribution in [2.75, 3.05) is 23.3 Å². The lowest BCUT2D eigenvalue weighted by Crippen LogP contribution is -2.62. The van der Waals surface area contributed by atoms with Gasteiger partial charge in [0.25, 0.3) is 0 Å². The van der Waals surface area contributed by atoms with Crippen LogP contribution < -0.4 is 21.0 Å². The molecule has 5 rings (SSSR count). The first-order valence-electron chi connectivity index (χ1n) is 16.2. The third-order valence-electron chi connectivity index (χ3n) is 10.3. The van der Waals surface area contributed by atoms with E-state index in [0.717, 1.165) is 40.0 Å². The van der Waals surface area contributed by atoms with Crippen molar-refractivity contribution in [1.29, 1.82) is 0 Å². The van der Waals surface area contributed by atoms with Gasteiger partial charge in [-0.15, -0.1) is 0 Å². The molecule has 2 aliphatic heterocycles. The number of nitrogens with zero attached hydrogens (tertiary/aromatic N) is 3. The van der Waals surface area contributed by atoms with Crippen molar-refractivity contribution in [3.8, 4) is 0 Å². The van der Waals surface area contributed by atoms with E-state index in [2.05, 4.69) is 101 Å². The minimum Gasteiger partial charge on any atom is -0.465 e. The molecule has 2 aromatic heterocycles. The number of amides is 1. The Morgan fingerprint density at radius 3 is 2.43 bits per heavy atom. The van der Waals surface area contributed by atoms with Crippen molar-refractivity contribution in [2.45, 2.75) is 103 Å². The molecule has 0 unspecified atom stereocenters. The highest BCUT2D eigenvalue weighted by molar-refractivity contribution is 6.74. The number of anilines is 2. The van der Waals surface area contributed by atoms with Crippen LogP contribution >= 0.6 is 0 Å². The lowest BCUT2D eigenvalue weighted by atomic mass is 9.79. The average Bonchev–Trinajstić information content (AvgIpc) is 3.18. The standard InChI is InChI=1S/C34H50BN5O5Si/c1-22-20-40(21-28(39-31(41)42)30(22)43-46(9,10)32(2,3)4)29-15-16-36-19-27(29)37-18-25-14-12-23-11-13-24(17-26(23)38-25)35-44-33(5,6)34(7,8)45-35/h11-17,19,22,28,30,37,39H,18,20-21H2,1-10H3,(H,41,42)/t22-,28+,30+/m0/s1. The molecule has 2 saturated heterocycles. The number of pyridine rings is 2. The molecule has 0 aliphatic carbocycles. The highest BCUT2D eigenvalue weighted by Gasteiger charge is 2.51. The fourth-order valence-electron chi connectivity index (χ4n) is 5.85. The maximum Gasteiger partial charge on any atom is 0.494 e. The van der Waals surface area contributed by atoms with Crippen molar-refractivity contribution in [3.05, 3.63) is 54.5 Å². The summed E-state index contributed by atoms with van der Waals surface area (Å²) < 4.78 is 19.4.